The number of amides is 1. The van der Waals surface area contributed by atoms with Gasteiger partial charge in [-0.2, -0.15) is 0 Å². The first-order chi connectivity index (χ1) is 7.99. The summed E-state index contributed by atoms with van der Waals surface area (Å²) in [5.41, 5.74) is 0.454. The molecular formula is C13H17FN2O. The highest BCUT2D eigenvalue weighted by molar-refractivity contribution is 5.86. The molecule has 1 N–H and O–H groups in total. The van der Waals surface area contributed by atoms with Crippen LogP contribution in [0.3, 0.4) is 0 Å². The Labute approximate surface area is 101 Å². The van der Waals surface area contributed by atoms with Gasteiger partial charge in [-0.15, -0.1) is 0 Å². The second kappa shape index (κ2) is 4.45. The Balaban J connectivity index is 2.08. The number of nitrogens with zero attached hydrogens (tertiary/aromatic N) is 1. The Morgan fingerprint density at radius 2 is 2.00 bits per heavy atom. The highest BCUT2D eigenvalue weighted by atomic mass is 19.1. The lowest BCUT2D eigenvalue weighted by Crippen LogP contribution is -2.60. The van der Waals surface area contributed by atoms with Crippen LogP contribution in [0.4, 0.5) is 4.39 Å². The third kappa shape index (κ3) is 2.64. The van der Waals surface area contributed by atoms with E-state index < -0.39 is 5.54 Å². The van der Waals surface area contributed by atoms with Crippen molar-refractivity contribution < 1.29 is 9.18 Å². The van der Waals surface area contributed by atoms with Gasteiger partial charge in [0.2, 0.25) is 5.91 Å². The Morgan fingerprint density at radius 3 is 2.65 bits per heavy atom. The van der Waals surface area contributed by atoms with Crippen molar-refractivity contribution in [3.63, 3.8) is 0 Å². The molecule has 92 valence electrons. The van der Waals surface area contributed by atoms with Gasteiger partial charge in [-0.1, -0.05) is 12.1 Å². The van der Waals surface area contributed by atoms with Crippen LogP contribution in [0.2, 0.25) is 0 Å². The summed E-state index contributed by atoms with van der Waals surface area (Å²) in [6.07, 6.45) is 0. The summed E-state index contributed by atoms with van der Waals surface area (Å²) in [6, 6.07) is 6.29. The minimum atomic E-state index is -0.502. The van der Waals surface area contributed by atoms with Gasteiger partial charge in [0.15, 0.2) is 0 Å². The van der Waals surface area contributed by atoms with E-state index in [1.807, 2.05) is 18.7 Å². The molecule has 1 saturated heterocycles. The molecule has 17 heavy (non-hydrogen) atoms. The summed E-state index contributed by atoms with van der Waals surface area (Å²) in [5.74, 6) is -0.159. The molecule has 0 aliphatic carbocycles. The molecular weight excluding hydrogens is 219 g/mol. The van der Waals surface area contributed by atoms with Crippen LogP contribution >= 0.6 is 0 Å². The lowest BCUT2D eigenvalue weighted by molar-refractivity contribution is -0.140. The van der Waals surface area contributed by atoms with Gasteiger partial charge in [0.1, 0.15) is 5.82 Å². The second-order valence-electron chi connectivity index (χ2n) is 4.90. The van der Waals surface area contributed by atoms with Gasteiger partial charge in [-0.05, 0) is 31.5 Å². The normalized spacial score (nSPS) is 19.5. The molecule has 1 fully saturated rings. The monoisotopic (exact) mass is 236 g/mol. The van der Waals surface area contributed by atoms with Crippen LogP contribution in [0.15, 0.2) is 24.3 Å². The predicted molar refractivity (Wildman–Crippen MR) is 63.9 cm³/mol. The lowest BCUT2D eigenvalue weighted by atomic mass is 10.0. The van der Waals surface area contributed by atoms with Gasteiger partial charge in [0.05, 0.1) is 5.54 Å². The van der Waals surface area contributed by atoms with Crippen molar-refractivity contribution in [2.75, 3.05) is 13.1 Å². The van der Waals surface area contributed by atoms with E-state index in [2.05, 4.69) is 5.32 Å². The molecule has 3 nitrogen and oxygen atoms in total. The molecule has 0 atom stereocenters. The maximum Gasteiger partial charge on any atom is 0.242 e. The molecule has 1 aromatic carbocycles. The van der Waals surface area contributed by atoms with E-state index in [1.54, 1.807) is 12.1 Å². The Hall–Kier alpha value is -1.42. The second-order valence-corrected chi connectivity index (χ2v) is 4.90. The first-order valence-electron chi connectivity index (χ1n) is 5.78. The van der Waals surface area contributed by atoms with Crippen LogP contribution in [0, 0.1) is 5.82 Å². The maximum atomic E-state index is 12.8. The number of nitrogens with one attached hydrogen (secondary N) is 1. The quantitative estimate of drug-likeness (QED) is 0.844. The van der Waals surface area contributed by atoms with Crippen LogP contribution in [-0.4, -0.2) is 29.4 Å². The number of benzene rings is 1. The number of hydrogen-bond acceptors (Lipinski definition) is 2. The molecule has 0 aromatic heterocycles. The number of rotatable bonds is 2. The van der Waals surface area contributed by atoms with E-state index in [0.29, 0.717) is 13.1 Å². The molecule has 0 spiro atoms. The van der Waals surface area contributed by atoms with Crippen molar-refractivity contribution in [1.82, 2.24) is 10.2 Å². The standard InChI is InChI=1S/C13H17FN2O/c1-13(2)12(17)16(8-7-15-13)9-10-3-5-11(14)6-4-10/h3-6,15H,7-9H2,1-2H3. The molecule has 1 heterocycles. The van der Waals surface area contributed by atoms with E-state index in [9.17, 15) is 9.18 Å². The summed E-state index contributed by atoms with van der Waals surface area (Å²) >= 11 is 0. The Bertz CT molecular complexity index is 414. The fourth-order valence-electron chi connectivity index (χ4n) is 2.04. The summed E-state index contributed by atoms with van der Waals surface area (Å²) in [4.78, 5) is 13.9. The van der Waals surface area contributed by atoms with Gasteiger partial charge in [-0.25, -0.2) is 4.39 Å². The number of halogens is 1. The largest absolute Gasteiger partial charge is 0.336 e. The van der Waals surface area contributed by atoms with Gasteiger partial charge in [-0.3, -0.25) is 4.79 Å². The topological polar surface area (TPSA) is 32.3 Å². The fourth-order valence-corrected chi connectivity index (χ4v) is 2.04. The van der Waals surface area contributed by atoms with Crippen molar-refractivity contribution in [2.45, 2.75) is 25.9 Å². The summed E-state index contributed by atoms with van der Waals surface area (Å²) < 4.78 is 12.8. The van der Waals surface area contributed by atoms with E-state index >= 15 is 0 Å². The number of piperazine rings is 1. The maximum absolute atomic E-state index is 12.8. The highest BCUT2D eigenvalue weighted by Gasteiger charge is 2.34. The summed E-state index contributed by atoms with van der Waals surface area (Å²) in [6.45, 7) is 5.79. The van der Waals surface area contributed by atoms with E-state index in [-0.39, 0.29) is 11.7 Å². The first-order valence-corrected chi connectivity index (χ1v) is 5.78. The first kappa shape index (κ1) is 12.0. The average Bonchev–Trinajstić information content (AvgIpc) is 2.28. The summed E-state index contributed by atoms with van der Waals surface area (Å²) in [5, 5.41) is 3.18. The lowest BCUT2D eigenvalue weighted by Gasteiger charge is -2.38. The zero-order chi connectivity index (χ0) is 12.5. The van der Waals surface area contributed by atoms with Crippen molar-refractivity contribution in [3.8, 4) is 0 Å². The van der Waals surface area contributed by atoms with Crippen LogP contribution in [0.1, 0.15) is 19.4 Å². The van der Waals surface area contributed by atoms with Crippen molar-refractivity contribution in [3.05, 3.63) is 35.6 Å². The van der Waals surface area contributed by atoms with Crippen molar-refractivity contribution in [1.29, 1.82) is 0 Å². The van der Waals surface area contributed by atoms with E-state index in [4.69, 9.17) is 0 Å². The fraction of sp³-hybridized carbons (Fsp3) is 0.462. The van der Waals surface area contributed by atoms with Gasteiger partial charge >= 0.3 is 0 Å². The molecule has 0 saturated carbocycles. The smallest absolute Gasteiger partial charge is 0.242 e. The SMILES string of the molecule is CC1(C)NCCN(Cc2ccc(F)cc2)C1=O. The third-order valence-corrected chi connectivity index (χ3v) is 3.06. The van der Waals surface area contributed by atoms with Gasteiger partial charge < -0.3 is 10.2 Å². The van der Waals surface area contributed by atoms with Gasteiger partial charge in [0.25, 0.3) is 0 Å². The van der Waals surface area contributed by atoms with Crippen LogP contribution in [-0.2, 0) is 11.3 Å². The average molecular weight is 236 g/mol. The molecule has 0 radical (unpaired) electrons. The van der Waals surface area contributed by atoms with Crippen LogP contribution in [0.5, 0.6) is 0 Å². The molecule has 2 rings (SSSR count). The minimum Gasteiger partial charge on any atom is -0.336 e. The number of carbonyl (C=O) groups is 1. The Morgan fingerprint density at radius 1 is 1.35 bits per heavy atom. The predicted octanol–water partition coefficient (Wildman–Crippen LogP) is 1.54. The van der Waals surface area contributed by atoms with Crippen LogP contribution in [0.25, 0.3) is 0 Å². The van der Waals surface area contributed by atoms with E-state index in [0.717, 1.165) is 12.1 Å². The minimum absolute atomic E-state index is 0.0908. The van der Waals surface area contributed by atoms with Crippen molar-refractivity contribution in [2.24, 2.45) is 0 Å². The van der Waals surface area contributed by atoms with E-state index in [1.165, 1.54) is 12.1 Å². The number of carbonyl (C=O) groups excluding carboxylic acids is 1. The zero-order valence-corrected chi connectivity index (χ0v) is 10.2. The van der Waals surface area contributed by atoms with Crippen LogP contribution < -0.4 is 5.32 Å². The van der Waals surface area contributed by atoms with Gasteiger partial charge in [0, 0.05) is 19.6 Å². The Kier molecular flexibility index (Phi) is 3.15. The molecule has 1 aliphatic heterocycles. The molecule has 1 aliphatic rings. The molecule has 0 bridgehead atoms. The molecule has 1 aromatic rings. The molecule has 4 heteroatoms. The molecule has 1 amide bonds. The molecule has 0 unspecified atom stereocenters. The highest BCUT2D eigenvalue weighted by Crippen LogP contribution is 2.15. The summed E-state index contributed by atoms with van der Waals surface area (Å²) in [7, 11) is 0. The zero-order valence-electron chi connectivity index (χ0n) is 10.2. The number of hydrogen-bond donors (Lipinski definition) is 1. The van der Waals surface area contributed by atoms with Crippen molar-refractivity contribution >= 4 is 5.91 Å². The third-order valence-electron chi connectivity index (χ3n) is 3.06.